The zero-order valence-electron chi connectivity index (χ0n) is 9.06. The molecular formula is C15H13N. The average Bonchev–Trinajstić information content (AvgIpc) is 2.74. The molecule has 1 aromatic carbocycles. The molecule has 78 valence electrons. The monoisotopic (exact) mass is 207 g/mol. The molecule has 0 fully saturated rings. The van der Waals surface area contributed by atoms with Crippen molar-refractivity contribution in [3.05, 3.63) is 71.6 Å². The van der Waals surface area contributed by atoms with Gasteiger partial charge in [0.2, 0.25) is 0 Å². The fourth-order valence-corrected chi connectivity index (χ4v) is 2.24. The van der Waals surface area contributed by atoms with Crippen LogP contribution in [0, 0.1) is 0 Å². The number of rotatable bonds is 2. The average molecular weight is 207 g/mol. The minimum Gasteiger partial charge on any atom is -0.265 e. The van der Waals surface area contributed by atoms with Crippen LogP contribution in [0.1, 0.15) is 16.7 Å². The molecule has 0 unspecified atom stereocenters. The first-order valence-corrected chi connectivity index (χ1v) is 5.60. The quantitative estimate of drug-likeness (QED) is 0.736. The van der Waals surface area contributed by atoms with E-state index in [9.17, 15) is 0 Å². The summed E-state index contributed by atoms with van der Waals surface area (Å²) < 4.78 is 0. The molecular weight excluding hydrogens is 194 g/mol. The van der Waals surface area contributed by atoms with Gasteiger partial charge in [-0.25, -0.2) is 0 Å². The summed E-state index contributed by atoms with van der Waals surface area (Å²) in [4.78, 5) is 4.04. The predicted molar refractivity (Wildman–Crippen MR) is 66.1 cm³/mol. The minimum atomic E-state index is 1.01. The van der Waals surface area contributed by atoms with Crippen molar-refractivity contribution in [3.8, 4) is 0 Å². The number of hydrogen-bond donors (Lipinski definition) is 0. The van der Waals surface area contributed by atoms with Crippen molar-refractivity contribution in [1.82, 2.24) is 4.98 Å². The SMILES string of the molecule is C1=C(Cc2ccncc2)c2ccccc2C1. The molecule has 0 N–H and O–H groups in total. The van der Waals surface area contributed by atoms with Crippen molar-refractivity contribution < 1.29 is 0 Å². The van der Waals surface area contributed by atoms with E-state index in [1.807, 2.05) is 12.4 Å². The lowest BCUT2D eigenvalue weighted by atomic mass is 10.0. The standard InChI is InChI=1S/C15H13N/c1-2-4-15-13(3-1)5-6-14(15)11-12-7-9-16-10-8-12/h1-4,6-10H,5,11H2. The molecule has 1 aliphatic rings. The van der Waals surface area contributed by atoms with Crippen LogP contribution in [0.2, 0.25) is 0 Å². The Kier molecular flexibility index (Phi) is 2.30. The zero-order valence-corrected chi connectivity index (χ0v) is 9.06. The molecule has 1 nitrogen and oxygen atoms in total. The molecule has 1 heteroatoms. The van der Waals surface area contributed by atoms with Crippen LogP contribution in [-0.4, -0.2) is 4.98 Å². The van der Waals surface area contributed by atoms with E-state index < -0.39 is 0 Å². The normalized spacial score (nSPS) is 13.4. The maximum atomic E-state index is 4.04. The highest BCUT2D eigenvalue weighted by molar-refractivity contribution is 5.74. The van der Waals surface area contributed by atoms with Gasteiger partial charge in [-0.3, -0.25) is 4.98 Å². The van der Waals surface area contributed by atoms with Crippen LogP contribution in [-0.2, 0) is 12.8 Å². The molecule has 2 aromatic rings. The van der Waals surface area contributed by atoms with Gasteiger partial charge in [0, 0.05) is 12.4 Å². The van der Waals surface area contributed by atoms with Gasteiger partial charge in [0.25, 0.3) is 0 Å². The molecule has 0 saturated carbocycles. The summed E-state index contributed by atoms with van der Waals surface area (Å²) >= 11 is 0. The van der Waals surface area contributed by atoms with Crippen LogP contribution in [0.3, 0.4) is 0 Å². The summed E-state index contributed by atoms with van der Waals surface area (Å²) in [5.41, 5.74) is 5.64. The Morgan fingerprint density at radius 1 is 1.00 bits per heavy atom. The molecule has 0 radical (unpaired) electrons. The van der Waals surface area contributed by atoms with E-state index in [1.54, 1.807) is 0 Å². The van der Waals surface area contributed by atoms with E-state index in [0.29, 0.717) is 0 Å². The maximum Gasteiger partial charge on any atom is 0.0270 e. The second-order valence-electron chi connectivity index (χ2n) is 4.12. The fourth-order valence-electron chi connectivity index (χ4n) is 2.24. The fraction of sp³-hybridized carbons (Fsp3) is 0.133. The molecule has 0 aliphatic heterocycles. The number of allylic oxidation sites excluding steroid dienone is 2. The van der Waals surface area contributed by atoms with Crippen molar-refractivity contribution >= 4 is 5.57 Å². The Balaban J connectivity index is 1.89. The molecule has 0 bridgehead atoms. The Hall–Kier alpha value is -1.89. The summed E-state index contributed by atoms with van der Waals surface area (Å²) in [6.45, 7) is 0. The molecule has 0 spiro atoms. The van der Waals surface area contributed by atoms with E-state index in [0.717, 1.165) is 12.8 Å². The van der Waals surface area contributed by atoms with Gasteiger partial charge in [-0.05, 0) is 47.2 Å². The van der Waals surface area contributed by atoms with Crippen molar-refractivity contribution in [2.24, 2.45) is 0 Å². The number of benzene rings is 1. The minimum absolute atomic E-state index is 1.01. The number of nitrogens with zero attached hydrogens (tertiary/aromatic N) is 1. The molecule has 1 heterocycles. The topological polar surface area (TPSA) is 12.9 Å². The summed E-state index contributed by atoms with van der Waals surface area (Å²) in [7, 11) is 0. The third-order valence-electron chi connectivity index (χ3n) is 3.08. The second kappa shape index (κ2) is 3.93. The lowest BCUT2D eigenvalue weighted by Crippen LogP contribution is -1.89. The molecule has 0 saturated heterocycles. The lowest BCUT2D eigenvalue weighted by Gasteiger charge is -2.05. The van der Waals surface area contributed by atoms with Crippen LogP contribution in [0.25, 0.3) is 5.57 Å². The largest absolute Gasteiger partial charge is 0.265 e. The van der Waals surface area contributed by atoms with Gasteiger partial charge in [-0.1, -0.05) is 30.3 Å². The Bertz CT molecular complexity index is 526. The third kappa shape index (κ3) is 1.65. The van der Waals surface area contributed by atoms with Crippen molar-refractivity contribution in [3.63, 3.8) is 0 Å². The van der Waals surface area contributed by atoms with Crippen LogP contribution < -0.4 is 0 Å². The van der Waals surface area contributed by atoms with Crippen molar-refractivity contribution in [2.45, 2.75) is 12.8 Å². The third-order valence-corrected chi connectivity index (χ3v) is 3.08. The molecule has 3 rings (SSSR count). The van der Waals surface area contributed by atoms with Gasteiger partial charge in [0.1, 0.15) is 0 Å². The molecule has 1 aromatic heterocycles. The van der Waals surface area contributed by atoms with Crippen LogP contribution >= 0.6 is 0 Å². The molecule has 1 aliphatic carbocycles. The maximum absolute atomic E-state index is 4.04. The van der Waals surface area contributed by atoms with Crippen LogP contribution in [0.5, 0.6) is 0 Å². The van der Waals surface area contributed by atoms with Gasteiger partial charge >= 0.3 is 0 Å². The smallest absolute Gasteiger partial charge is 0.0270 e. The van der Waals surface area contributed by atoms with E-state index in [2.05, 4.69) is 47.5 Å². The van der Waals surface area contributed by atoms with Gasteiger partial charge in [0.05, 0.1) is 0 Å². The first kappa shape index (κ1) is 9.34. The lowest BCUT2D eigenvalue weighted by molar-refractivity contribution is 1.22. The molecule has 0 atom stereocenters. The van der Waals surface area contributed by atoms with E-state index in [-0.39, 0.29) is 0 Å². The summed E-state index contributed by atoms with van der Waals surface area (Å²) in [6, 6.07) is 12.8. The second-order valence-corrected chi connectivity index (χ2v) is 4.12. The number of pyridine rings is 1. The van der Waals surface area contributed by atoms with Gasteiger partial charge in [-0.2, -0.15) is 0 Å². The number of fused-ring (bicyclic) bond motifs is 1. The predicted octanol–water partition coefficient (Wildman–Crippen LogP) is 3.26. The van der Waals surface area contributed by atoms with E-state index in [4.69, 9.17) is 0 Å². The Morgan fingerprint density at radius 2 is 1.81 bits per heavy atom. The highest BCUT2D eigenvalue weighted by Gasteiger charge is 2.12. The molecule has 0 amide bonds. The van der Waals surface area contributed by atoms with Crippen molar-refractivity contribution in [1.29, 1.82) is 0 Å². The summed E-state index contributed by atoms with van der Waals surface area (Å²) in [6.07, 6.45) is 8.15. The van der Waals surface area contributed by atoms with E-state index >= 15 is 0 Å². The number of aromatic nitrogens is 1. The number of hydrogen-bond acceptors (Lipinski definition) is 1. The first-order chi connectivity index (χ1) is 7.93. The van der Waals surface area contributed by atoms with Gasteiger partial charge < -0.3 is 0 Å². The summed E-state index contributed by atoms with van der Waals surface area (Å²) in [5, 5.41) is 0. The molecule has 16 heavy (non-hydrogen) atoms. The Labute approximate surface area is 95.5 Å². The Morgan fingerprint density at radius 3 is 2.69 bits per heavy atom. The van der Waals surface area contributed by atoms with Crippen LogP contribution in [0.15, 0.2) is 54.9 Å². The van der Waals surface area contributed by atoms with Gasteiger partial charge in [-0.15, -0.1) is 0 Å². The van der Waals surface area contributed by atoms with Gasteiger partial charge in [0.15, 0.2) is 0 Å². The van der Waals surface area contributed by atoms with Crippen molar-refractivity contribution in [2.75, 3.05) is 0 Å². The highest BCUT2D eigenvalue weighted by Crippen LogP contribution is 2.29. The van der Waals surface area contributed by atoms with E-state index in [1.165, 1.54) is 22.3 Å². The highest BCUT2D eigenvalue weighted by atomic mass is 14.6. The van der Waals surface area contributed by atoms with Crippen LogP contribution in [0.4, 0.5) is 0 Å². The summed E-state index contributed by atoms with van der Waals surface area (Å²) in [5.74, 6) is 0. The zero-order chi connectivity index (χ0) is 10.8. The first-order valence-electron chi connectivity index (χ1n) is 5.60.